The van der Waals surface area contributed by atoms with Crippen molar-refractivity contribution in [3.05, 3.63) is 36.0 Å². The highest BCUT2D eigenvalue weighted by molar-refractivity contribution is 5.98. The van der Waals surface area contributed by atoms with Gasteiger partial charge in [0.05, 0.1) is 57.9 Å². The Morgan fingerprint density at radius 2 is 1.14 bits per heavy atom. The second-order valence-corrected chi connectivity index (χ2v) is 17.6. The minimum Gasteiger partial charge on any atom is -0.481 e. The van der Waals surface area contributed by atoms with Crippen LogP contribution in [0.1, 0.15) is 58.9 Å². The number of rotatable bonds is 33. The van der Waals surface area contributed by atoms with Crippen LogP contribution in [0.25, 0.3) is 10.9 Å². The Bertz CT molecular complexity index is 2340. The fourth-order valence-electron chi connectivity index (χ4n) is 6.78. The van der Waals surface area contributed by atoms with Gasteiger partial charge >= 0.3 is 5.97 Å². The van der Waals surface area contributed by atoms with E-state index in [0.29, 0.717) is 18.3 Å². The number of amides is 11. The van der Waals surface area contributed by atoms with Crippen molar-refractivity contribution in [2.24, 2.45) is 23.3 Å². The van der Waals surface area contributed by atoms with Gasteiger partial charge in [-0.2, -0.15) is 0 Å². The standard InChI is InChI=1S/C45H67N13O16/c1-22(2)11-25(19-59)53-35(64)17-52-41(70)29(12-24-14-48-28-8-6-5-7-26(24)28)55-44(73)32(21-61)57-45(74)39(23(3)4)58-37(66)16-49-34(63)15-51-42(71)30(13-38(67)68)56-43(72)31(20-60)54-36(65)18-50-40(69)27(46)9-10-33(47)62/h5-8,14,19,22-23,25,27,29-32,39,48,60-61H,9-13,15-18,20-21,46H2,1-4H3,(H2,47,62)(H,49,63)(H,50,69)(H,51,71)(H,52,70)(H,53,64)(H,54,65)(H,55,73)(H,56,72)(H,57,74)(H,58,66)(H,67,68)/t25-,27-,29-,30-,31-,32-,39-/m0/s1. The Morgan fingerprint density at radius 1 is 0.622 bits per heavy atom. The smallest absolute Gasteiger partial charge is 0.305 e. The fraction of sp³-hybridized carbons (Fsp3) is 0.533. The molecule has 0 aliphatic heterocycles. The van der Waals surface area contributed by atoms with Crippen LogP contribution in [0.3, 0.4) is 0 Å². The summed E-state index contributed by atoms with van der Waals surface area (Å²) in [5, 5.41) is 52.7. The Kier molecular flexibility index (Phi) is 26.4. The average molecular weight is 1050 g/mol. The van der Waals surface area contributed by atoms with Crippen molar-refractivity contribution in [3.63, 3.8) is 0 Å². The number of aliphatic carboxylic acids is 1. The summed E-state index contributed by atoms with van der Waals surface area (Å²) in [6, 6.07) is -2.92. The van der Waals surface area contributed by atoms with Gasteiger partial charge in [-0.3, -0.25) is 57.5 Å². The largest absolute Gasteiger partial charge is 0.481 e. The number of H-pyrrole nitrogens is 1. The number of nitrogens with one attached hydrogen (secondary N) is 11. The molecule has 1 aromatic carbocycles. The van der Waals surface area contributed by atoms with Crippen LogP contribution in [0.5, 0.6) is 0 Å². The number of aliphatic hydroxyl groups excluding tert-OH is 2. The lowest BCUT2D eigenvalue weighted by atomic mass is 10.0. The van der Waals surface area contributed by atoms with Gasteiger partial charge in [0.2, 0.25) is 65.0 Å². The summed E-state index contributed by atoms with van der Waals surface area (Å²) < 4.78 is 0. The first kappa shape index (κ1) is 62.1. The number of aromatic amines is 1. The summed E-state index contributed by atoms with van der Waals surface area (Å²) in [6.45, 7) is 1.83. The molecule has 0 saturated heterocycles. The molecule has 0 radical (unpaired) electrons. The fourth-order valence-corrected chi connectivity index (χ4v) is 6.78. The summed E-state index contributed by atoms with van der Waals surface area (Å²) in [5.41, 5.74) is 11.9. The minimum atomic E-state index is -1.86. The lowest BCUT2D eigenvalue weighted by Gasteiger charge is -2.26. The Hall–Kier alpha value is -8.05. The van der Waals surface area contributed by atoms with E-state index in [1.807, 2.05) is 19.2 Å². The lowest BCUT2D eigenvalue weighted by molar-refractivity contribution is -0.141. The first-order valence-corrected chi connectivity index (χ1v) is 23.3. The molecule has 1 aromatic heterocycles. The first-order chi connectivity index (χ1) is 34.9. The maximum Gasteiger partial charge on any atom is 0.305 e. The molecule has 0 fully saturated rings. The molecule has 0 aliphatic rings. The van der Waals surface area contributed by atoms with E-state index >= 15 is 0 Å². The third-order valence-corrected chi connectivity index (χ3v) is 10.6. The number of fused-ring (bicyclic) bond motifs is 1. The quantitative estimate of drug-likeness (QED) is 0.0295. The zero-order valence-electron chi connectivity index (χ0n) is 41.2. The molecular formula is C45H67N13O16. The molecule has 7 atom stereocenters. The molecule has 2 rings (SSSR count). The maximum atomic E-state index is 13.6. The highest BCUT2D eigenvalue weighted by atomic mass is 16.4. The second kappa shape index (κ2) is 31.4. The monoisotopic (exact) mass is 1050 g/mol. The number of carboxylic acid groups (broad SMARTS) is 1. The van der Waals surface area contributed by atoms with Gasteiger partial charge < -0.3 is 89.7 Å². The van der Waals surface area contributed by atoms with Gasteiger partial charge in [-0.1, -0.05) is 45.9 Å². The van der Waals surface area contributed by atoms with Crippen LogP contribution < -0.4 is 64.6 Å². The van der Waals surface area contributed by atoms with Gasteiger partial charge in [0.1, 0.15) is 36.5 Å². The predicted molar refractivity (Wildman–Crippen MR) is 259 cm³/mol. The molecule has 0 saturated carbocycles. The van der Waals surface area contributed by atoms with E-state index in [9.17, 15) is 77.6 Å². The molecular weight excluding hydrogens is 979 g/mol. The van der Waals surface area contributed by atoms with E-state index in [-0.39, 0.29) is 25.2 Å². The molecule has 2 aromatic rings. The normalized spacial score (nSPS) is 13.8. The predicted octanol–water partition coefficient (Wildman–Crippen LogP) is -6.96. The molecule has 18 N–H and O–H groups in total. The highest BCUT2D eigenvalue weighted by Gasteiger charge is 2.33. The summed E-state index contributed by atoms with van der Waals surface area (Å²) in [7, 11) is 0. The molecule has 0 bridgehead atoms. The lowest BCUT2D eigenvalue weighted by Crippen LogP contribution is -2.59. The summed E-state index contributed by atoms with van der Waals surface area (Å²) in [4.78, 5) is 166. The molecule has 74 heavy (non-hydrogen) atoms. The van der Waals surface area contributed by atoms with Gasteiger partial charge in [-0.15, -0.1) is 0 Å². The molecule has 29 heteroatoms. The van der Waals surface area contributed by atoms with E-state index in [0.717, 1.165) is 10.9 Å². The number of aromatic nitrogens is 1. The van der Waals surface area contributed by atoms with Crippen LogP contribution in [-0.2, 0) is 68.7 Å². The molecule has 0 aliphatic carbocycles. The van der Waals surface area contributed by atoms with E-state index in [4.69, 9.17) is 11.5 Å². The molecule has 408 valence electrons. The maximum absolute atomic E-state index is 13.6. The van der Waals surface area contributed by atoms with E-state index in [1.165, 1.54) is 13.8 Å². The summed E-state index contributed by atoms with van der Waals surface area (Å²) >= 11 is 0. The third-order valence-electron chi connectivity index (χ3n) is 10.6. The number of nitrogens with two attached hydrogens (primary N) is 2. The van der Waals surface area contributed by atoms with Crippen LogP contribution >= 0.6 is 0 Å². The Morgan fingerprint density at radius 3 is 1.70 bits per heavy atom. The zero-order valence-corrected chi connectivity index (χ0v) is 41.2. The SMILES string of the molecule is CC(C)C[C@@H](C=O)NC(=O)CNC(=O)[C@H](Cc1c[nH]c2ccccc12)NC(=O)[C@H](CO)NC(=O)[C@@H](NC(=O)CNC(=O)CNC(=O)[C@H](CC(=O)O)NC(=O)[C@H](CO)NC(=O)CNC(=O)[C@@H](N)CCC(N)=O)C(C)C. The number of hydrogen-bond acceptors (Lipinski definition) is 16. The second-order valence-electron chi connectivity index (χ2n) is 17.6. The number of aliphatic hydroxyl groups is 2. The van der Waals surface area contributed by atoms with Gasteiger partial charge in [0, 0.05) is 29.9 Å². The van der Waals surface area contributed by atoms with Gasteiger partial charge in [-0.05, 0) is 36.3 Å². The number of primary amides is 1. The average Bonchev–Trinajstić information content (AvgIpc) is 3.76. The minimum absolute atomic E-state index is 0.0831. The van der Waals surface area contributed by atoms with Crippen molar-refractivity contribution in [1.29, 1.82) is 0 Å². The number of hydrogen-bond donors (Lipinski definition) is 16. The zero-order chi connectivity index (χ0) is 55.7. The van der Waals surface area contributed by atoms with Crippen molar-refractivity contribution in [2.75, 3.05) is 39.4 Å². The molecule has 11 amide bonds. The van der Waals surface area contributed by atoms with Crippen LogP contribution in [0.2, 0.25) is 0 Å². The van der Waals surface area contributed by atoms with Crippen LogP contribution in [-0.4, -0.2) is 179 Å². The Balaban J connectivity index is 2.02. The number of carbonyl (C=O) groups is 13. The summed E-state index contributed by atoms with van der Waals surface area (Å²) in [5.74, 6) is -12.6. The van der Waals surface area contributed by atoms with Crippen molar-refractivity contribution >= 4 is 88.1 Å². The van der Waals surface area contributed by atoms with Gasteiger partial charge in [0.25, 0.3) is 0 Å². The van der Waals surface area contributed by atoms with Crippen molar-refractivity contribution in [3.8, 4) is 0 Å². The summed E-state index contributed by atoms with van der Waals surface area (Å²) in [6.07, 6.45) is 1.09. The first-order valence-electron chi connectivity index (χ1n) is 23.3. The molecule has 0 spiro atoms. The van der Waals surface area contributed by atoms with Crippen LogP contribution in [0.15, 0.2) is 30.5 Å². The van der Waals surface area contributed by atoms with Gasteiger partial charge in [0.15, 0.2) is 0 Å². The third kappa shape index (κ3) is 22.2. The van der Waals surface area contributed by atoms with Crippen molar-refractivity contribution in [2.45, 2.75) is 102 Å². The van der Waals surface area contributed by atoms with E-state index in [2.05, 4.69) is 52.8 Å². The van der Waals surface area contributed by atoms with Crippen molar-refractivity contribution in [1.82, 2.24) is 58.2 Å². The van der Waals surface area contributed by atoms with Crippen LogP contribution in [0, 0.1) is 11.8 Å². The van der Waals surface area contributed by atoms with Crippen molar-refractivity contribution < 1.29 is 77.6 Å². The number of aldehydes is 1. The van der Waals surface area contributed by atoms with E-state index in [1.54, 1.807) is 30.5 Å². The highest BCUT2D eigenvalue weighted by Crippen LogP contribution is 2.19. The number of benzene rings is 1. The molecule has 1 heterocycles. The van der Waals surface area contributed by atoms with Crippen LogP contribution in [0.4, 0.5) is 0 Å². The molecule has 29 nitrogen and oxygen atoms in total. The van der Waals surface area contributed by atoms with Gasteiger partial charge in [-0.25, -0.2) is 0 Å². The Labute approximate surface area is 423 Å². The number of para-hydroxylation sites is 1. The number of carbonyl (C=O) groups excluding carboxylic acids is 12. The topological polar surface area (TPSA) is 471 Å². The van der Waals surface area contributed by atoms with E-state index < -0.39 is 165 Å². The molecule has 0 unspecified atom stereocenters. The number of carboxylic acids is 1.